The third kappa shape index (κ3) is 2.00. The van der Waals surface area contributed by atoms with Crippen LogP contribution in [0.2, 0.25) is 0 Å². The van der Waals surface area contributed by atoms with E-state index in [1.165, 1.54) is 5.56 Å². The first kappa shape index (κ1) is 11.0. The van der Waals surface area contributed by atoms with E-state index in [2.05, 4.69) is 22.8 Å². The third-order valence-corrected chi connectivity index (χ3v) is 3.15. The van der Waals surface area contributed by atoms with Crippen LogP contribution in [0.15, 0.2) is 54.6 Å². The van der Waals surface area contributed by atoms with Gasteiger partial charge in [-0.1, -0.05) is 48.5 Å². The second-order valence-corrected chi connectivity index (χ2v) is 4.36. The second-order valence-electron chi connectivity index (χ2n) is 4.36. The summed E-state index contributed by atoms with van der Waals surface area (Å²) in [5.41, 5.74) is 3.16. The van der Waals surface area contributed by atoms with Crippen molar-refractivity contribution in [2.75, 3.05) is 11.9 Å². The quantitative estimate of drug-likeness (QED) is 0.800. The maximum atomic E-state index is 11.6. The van der Waals surface area contributed by atoms with Crippen LogP contribution in [0.3, 0.4) is 0 Å². The molecule has 3 heteroatoms. The molecule has 0 aliphatic carbocycles. The zero-order chi connectivity index (χ0) is 12.4. The number of hydrogen-bond acceptors (Lipinski definition) is 2. The number of carbonyl (C=O) groups is 1. The van der Waals surface area contributed by atoms with Crippen LogP contribution in [0.5, 0.6) is 0 Å². The van der Waals surface area contributed by atoms with E-state index in [1.807, 2.05) is 42.5 Å². The van der Waals surface area contributed by atoms with E-state index in [1.54, 1.807) is 0 Å². The van der Waals surface area contributed by atoms with Gasteiger partial charge in [0.25, 0.3) is 0 Å². The van der Waals surface area contributed by atoms with Crippen molar-refractivity contribution < 1.29 is 4.79 Å². The highest BCUT2D eigenvalue weighted by Gasteiger charge is 2.21. The average Bonchev–Trinajstić information content (AvgIpc) is 2.58. The van der Waals surface area contributed by atoms with Crippen molar-refractivity contribution in [2.24, 2.45) is 0 Å². The van der Waals surface area contributed by atoms with E-state index in [0.717, 1.165) is 11.3 Å². The lowest BCUT2D eigenvalue weighted by atomic mass is 9.97. The minimum Gasteiger partial charge on any atom is -0.325 e. The molecule has 1 aliphatic heterocycles. The van der Waals surface area contributed by atoms with E-state index in [-0.39, 0.29) is 11.9 Å². The van der Waals surface area contributed by atoms with E-state index in [4.69, 9.17) is 0 Å². The first-order valence-corrected chi connectivity index (χ1v) is 6.02. The number of para-hydroxylation sites is 1. The monoisotopic (exact) mass is 238 g/mol. The van der Waals surface area contributed by atoms with Crippen LogP contribution in [0.25, 0.3) is 0 Å². The van der Waals surface area contributed by atoms with Crippen molar-refractivity contribution in [3.05, 3.63) is 65.7 Å². The smallest absolute Gasteiger partial charge is 0.238 e. The Morgan fingerprint density at radius 1 is 0.944 bits per heavy atom. The van der Waals surface area contributed by atoms with Crippen LogP contribution in [-0.4, -0.2) is 12.5 Å². The van der Waals surface area contributed by atoms with Gasteiger partial charge in [0.1, 0.15) is 0 Å². The number of fused-ring (bicyclic) bond motifs is 1. The SMILES string of the molecule is O=C1CN[C@H](c2ccccc2)c2ccccc2N1. The Bertz CT molecular complexity index is 566. The molecule has 0 saturated carbocycles. The van der Waals surface area contributed by atoms with Crippen LogP contribution in [-0.2, 0) is 4.79 Å². The predicted octanol–water partition coefficient (Wildman–Crippen LogP) is 2.32. The number of benzene rings is 2. The van der Waals surface area contributed by atoms with Crippen molar-refractivity contribution in [1.82, 2.24) is 5.32 Å². The Hall–Kier alpha value is -2.13. The molecule has 18 heavy (non-hydrogen) atoms. The molecule has 0 spiro atoms. The molecule has 3 rings (SSSR count). The molecule has 2 N–H and O–H groups in total. The fourth-order valence-electron chi connectivity index (χ4n) is 2.30. The molecule has 1 atom stereocenters. The van der Waals surface area contributed by atoms with Crippen LogP contribution in [0.1, 0.15) is 17.2 Å². The highest BCUT2D eigenvalue weighted by Crippen LogP contribution is 2.29. The van der Waals surface area contributed by atoms with Gasteiger partial charge >= 0.3 is 0 Å². The summed E-state index contributed by atoms with van der Waals surface area (Å²) in [5, 5.41) is 6.21. The zero-order valence-corrected chi connectivity index (χ0v) is 9.89. The molecule has 1 amide bonds. The Morgan fingerprint density at radius 3 is 2.50 bits per heavy atom. The molecule has 0 radical (unpaired) electrons. The maximum Gasteiger partial charge on any atom is 0.238 e. The fraction of sp³-hybridized carbons (Fsp3) is 0.133. The number of rotatable bonds is 1. The van der Waals surface area contributed by atoms with Crippen molar-refractivity contribution in [3.63, 3.8) is 0 Å². The van der Waals surface area contributed by atoms with Gasteiger partial charge in [-0.15, -0.1) is 0 Å². The summed E-state index contributed by atoms with van der Waals surface area (Å²) >= 11 is 0. The van der Waals surface area contributed by atoms with Gasteiger partial charge in [-0.3, -0.25) is 10.1 Å². The standard InChI is InChI=1S/C15H14N2O/c18-14-10-16-15(11-6-2-1-3-7-11)12-8-4-5-9-13(12)17-14/h1-9,15-16H,10H2,(H,17,18)/t15-/m1/s1. The summed E-state index contributed by atoms with van der Waals surface area (Å²) in [6.07, 6.45) is 0. The second kappa shape index (κ2) is 4.63. The lowest BCUT2D eigenvalue weighted by Gasteiger charge is -2.18. The minimum atomic E-state index is 0.000816. The zero-order valence-electron chi connectivity index (χ0n) is 9.89. The summed E-state index contributed by atoms with van der Waals surface area (Å²) in [5.74, 6) is 0.000816. The average molecular weight is 238 g/mol. The summed E-state index contributed by atoms with van der Waals surface area (Å²) in [6.45, 7) is 0.328. The summed E-state index contributed by atoms with van der Waals surface area (Å²) in [4.78, 5) is 11.6. The molecular formula is C15H14N2O. The molecule has 1 heterocycles. The largest absolute Gasteiger partial charge is 0.325 e. The van der Waals surface area contributed by atoms with Crippen molar-refractivity contribution in [1.29, 1.82) is 0 Å². The number of hydrogen-bond donors (Lipinski definition) is 2. The fourth-order valence-corrected chi connectivity index (χ4v) is 2.30. The maximum absolute atomic E-state index is 11.6. The van der Waals surface area contributed by atoms with Crippen LogP contribution < -0.4 is 10.6 Å². The molecule has 0 aromatic heterocycles. The first-order chi connectivity index (χ1) is 8.84. The van der Waals surface area contributed by atoms with Gasteiger partial charge in [0, 0.05) is 5.69 Å². The van der Waals surface area contributed by atoms with Gasteiger partial charge in [0.2, 0.25) is 5.91 Å². The molecule has 0 fully saturated rings. The summed E-state index contributed by atoms with van der Waals surface area (Å²) in [7, 11) is 0. The molecule has 0 unspecified atom stereocenters. The van der Waals surface area contributed by atoms with E-state index in [0.29, 0.717) is 6.54 Å². The predicted molar refractivity (Wildman–Crippen MR) is 71.4 cm³/mol. The lowest BCUT2D eigenvalue weighted by molar-refractivity contribution is -0.115. The number of anilines is 1. The molecular weight excluding hydrogens is 224 g/mol. The van der Waals surface area contributed by atoms with E-state index < -0.39 is 0 Å². The molecule has 90 valence electrons. The highest BCUT2D eigenvalue weighted by molar-refractivity contribution is 5.94. The number of nitrogens with one attached hydrogen (secondary N) is 2. The van der Waals surface area contributed by atoms with E-state index >= 15 is 0 Å². The Morgan fingerprint density at radius 2 is 1.67 bits per heavy atom. The van der Waals surface area contributed by atoms with Crippen molar-refractivity contribution >= 4 is 11.6 Å². The summed E-state index contributed by atoms with van der Waals surface area (Å²) < 4.78 is 0. The Labute approximate surface area is 106 Å². The molecule has 2 aromatic carbocycles. The van der Waals surface area contributed by atoms with Crippen LogP contribution in [0, 0.1) is 0 Å². The Kier molecular flexibility index (Phi) is 2.82. The van der Waals surface area contributed by atoms with Crippen molar-refractivity contribution in [3.8, 4) is 0 Å². The Balaban J connectivity index is 2.08. The molecule has 3 nitrogen and oxygen atoms in total. The number of amides is 1. The van der Waals surface area contributed by atoms with Crippen molar-refractivity contribution in [2.45, 2.75) is 6.04 Å². The van der Waals surface area contributed by atoms with E-state index in [9.17, 15) is 4.79 Å². The molecule has 0 bridgehead atoms. The van der Waals surface area contributed by atoms with Crippen LogP contribution >= 0.6 is 0 Å². The summed E-state index contributed by atoms with van der Waals surface area (Å²) in [6, 6.07) is 18.1. The van der Waals surface area contributed by atoms with Gasteiger partial charge in [0.05, 0.1) is 12.6 Å². The van der Waals surface area contributed by atoms with Gasteiger partial charge in [-0.05, 0) is 17.2 Å². The normalized spacial score (nSPS) is 18.7. The van der Waals surface area contributed by atoms with Gasteiger partial charge in [-0.25, -0.2) is 0 Å². The number of carbonyl (C=O) groups excluding carboxylic acids is 1. The molecule has 1 aliphatic rings. The molecule has 0 saturated heterocycles. The first-order valence-electron chi connectivity index (χ1n) is 6.02. The van der Waals surface area contributed by atoms with Gasteiger partial charge in [0.15, 0.2) is 0 Å². The lowest BCUT2D eigenvalue weighted by Crippen LogP contribution is -2.27. The highest BCUT2D eigenvalue weighted by atomic mass is 16.1. The van der Waals surface area contributed by atoms with Crippen LogP contribution in [0.4, 0.5) is 5.69 Å². The van der Waals surface area contributed by atoms with Gasteiger partial charge < -0.3 is 5.32 Å². The van der Waals surface area contributed by atoms with Gasteiger partial charge in [-0.2, -0.15) is 0 Å². The topological polar surface area (TPSA) is 41.1 Å². The third-order valence-electron chi connectivity index (χ3n) is 3.15. The molecule has 2 aromatic rings. The minimum absolute atomic E-state index is 0.000816.